The van der Waals surface area contributed by atoms with Crippen LogP contribution in [0.3, 0.4) is 0 Å². The highest BCUT2D eigenvalue weighted by Crippen LogP contribution is 2.20. The van der Waals surface area contributed by atoms with Gasteiger partial charge in [0.15, 0.2) is 0 Å². The number of rotatable bonds is 4. The molecule has 2 N–H and O–H groups in total. The highest BCUT2D eigenvalue weighted by molar-refractivity contribution is 6.03. The third kappa shape index (κ3) is 3.33. The van der Waals surface area contributed by atoms with Crippen molar-refractivity contribution < 1.29 is 19.1 Å². The second-order valence-corrected chi connectivity index (χ2v) is 5.71. The predicted molar refractivity (Wildman–Crippen MR) is 79.0 cm³/mol. The average molecular weight is 302 g/mol. The Morgan fingerprint density at radius 1 is 1.27 bits per heavy atom. The van der Waals surface area contributed by atoms with Gasteiger partial charge in [0.05, 0.1) is 5.92 Å². The molecule has 0 saturated carbocycles. The normalized spacial score (nSPS) is 24.4. The largest absolute Gasteiger partial charge is 0.368 e. The van der Waals surface area contributed by atoms with Crippen LogP contribution in [0.5, 0.6) is 0 Å². The second-order valence-electron chi connectivity index (χ2n) is 5.71. The number of hydrogen-bond acceptors (Lipinski definition) is 4. The zero-order valence-electron chi connectivity index (χ0n) is 12.1. The molecular weight excluding hydrogens is 284 g/mol. The van der Waals surface area contributed by atoms with E-state index in [0.717, 1.165) is 18.4 Å². The molecule has 22 heavy (non-hydrogen) atoms. The number of anilines is 1. The monoisotopic (exact) mass is 302 g/mol. The molecule has 2 aliphatic heterocycles. The van der Waals surface area contributed by atoms with Gasteiger partial charge in [-0.2, -0.15) is 0 Å². The molecule has 0 aliphatic carbocycles. The van der Waals surface area contributed by atoms with Gasteiger partial charge in [0.1, 0.15) is 6.10 Å². The van der Waals surface area contributed by atoms with Crippen molar-refractivity contribution in [2.75, 3.05) is 11.9 Å². The van der Waals surface area contributed by atoms with Gasteiger partial charge in [-0.15, -0.1) is 0 Å². The molecule has 2 atom stereocenters. The van der Waals surface area contributed by atoms with Crippen molar-refractivity contribution in [3.8, 4) is 0 Å². The number of carbonyl (C=O) groups excluding carboxylic acids is 3. The van der Waals surface area contributed by atoms with E-state index in [2.05, 4.69) is 10.6 Å². The molecule has 0 radical (unpaired) electrons. The molecule has 2 heterocycles. The average Bonchev–Trinajstić information content (AvgIpc) is 3.12. The van der Waals surface area contributed by atoms with Crippen LogP contribution in [0.1, 0.15) is 24.8 Å². The maximum absolute atomic E-state index is 11.9. The lowest BCUT2D eigenvalue weighted by molar-refractivity contribution is -0.126. The summed E-state index contributed by atoms with van der Waals surface area (Å²) in [7, 11) is 0. The van der Waals surface area contributed by atoms with E-state index in [-0.39, 0.29) is 36.2 Å². The highest BCUT2D eigenvalue weighted by Gasteiger charge is 2.30. The molecule has 2 aliphatic rings. The van der Waals surface area contributed by atoms with E-state index in [4.69, 9.17) is 4.74 Å². The van der Waals surface area contributed by atoms with E-state index in [1.54, 1.807) is 12.1 Å². The van der Waals surface area contributed by atoms with E-state index in [1.807, 2.05) is 12.1 Å². The first-order valence-corrected chi connectivity index (χ1v) is 7.47. The molecule has 0 spiro atoms. The van der Waals surface area contributed by atoms with Crippen LogP contribution in [0.25, 0.3) is 0 Å². The molecule has 1 aromatic carbocycles. The quantitative estimate of drug-likeness (QED) is 0.813. The number of benzene rings is 1. The topological polar surface area (TPSA) is 84.5 Å². The third-order valence-electron chi connectivity index (χ3n) is 3.99. The van der Waals surface area contributed by atoms with Crippen LogP contribution in [0.2, 0.25) is 0 Å². The zero-order valence-corrected chi connectivity index (χ0v) is 12.1. The number of imide groups is 1. The third-order valence-corrected chi connectivity index (χ3v) is 3.99. The summed E-state index contributed by atoms with van der Waals surface area (Å²) in [6, 6.07) is 7.33. The van der Waals surface area contributed by atoms with E-state index in [1.165, 1.54) is 0 Å². The van der Waals surface area contributed by atoms with E-state index in [0.29, 0.717) is 18.7 Å². The summed E-state index contributed by atoms with van der Waals surface area (Å²) in [4.78, 5) is 34.6. The van der Waals surface area contributed by atoms with Crippen molar-refractivity contribution in [1.29, 1.82) is 0 Å². The van der Waals surface area contributed by atoms with Gasteiger partial charge in [-0.3, -0.25) is 19.7 Å². The predicted octanol–water partition coefficient (Wildman–Crippen LogP) is 1.01. The maximum Gasteiger partial charge on any atom is 0.253 e. The summed E-state index contributed by atoms with van der Waals surface area (Å²) in [6.07, 6.45) is 2.09. The van der Waals surface area contributed by atoms with Gasteiger partial charge in [0.2, 0.25) is 11.8 Å². The molecule has 2 fully saturated rings. The van der Waals surface area contributed by atoms with Crippen LogP contribution in [-0.4, -0.2) is 30.4 Å². The molecule has 0 aromatic heterocycles. The highest BCUT2D eigenvalue weighted by atomic mass is 16.5. The first-order valence-electron chi connectivity index (χ1n) is 7.47. The van der Waals surface area contributed by atoms with Crippen molar-refractivity contribution in [1.82, 2.24) is 5.32 Å². The molecular formula is C16H18N2O4. The molecule has 3 amide bonds. The van der Waals surface area contributed by atoms with Crippen LogP contribution >= 0.6 is 0 Å². The van der Waals surface area contributed by atoms with Gasteiger partial charge in [-0.25, -0.2) is 0 Å². The lowest BCUT2D eigenvalue weighted by Crippen LogP contribution is -2.26. The van der Waals surface area contributed by atoms with Crippen molar-refractivity contribution in [2.24, 2.45) is 5.92 Å². The molecule has 116 valence electrons. The molecule has 2 unspecified atom stereocenters. The van der Waals surface area contributed by atoms with E-state index >= 15 is 0 Å². The molecule has 1 aromatic rings. The Hall–Kier alpha value is -2.21. The van der Waals surface area contributed by atoms with Gasteiger partial charge in [-0.1, -0.05) is 12.1 Å². The Morgan fingerprint density at radius 3 is 2.64 bits per heavy atom. The summed E-state index contributed by atoms with van der Waals surface area (Å²) in [6.45, 7) is 0.638. The fourth-order valence-corrected chi connectivity index (χ4v) is 2.79. The minimum Gasteiger partial charge on any atom is -0.368 e. The Labute approximate surface area is 128 Å². The smallest absolute Gasteiger partial charge is 0.253 e. The van der Waals surface area contributed by atoms with Crippen molar-refractivity contribution >= 4 is 23.4 Å². The van der Waals surface area contributed by atoms with Crippen LogP contribution in [0, 0.1) is 5.92 Å². The molecule has 3 rings (SSSR count). The molecule has 2 saturated heterocycles. The summed E-state index contributed by atoms with van der Waals surface area (Å²) < 4.78 is 5.33. The maximum atomic E-state index is 11.9. The zero-order chi connectivity index (χ0) is 15.5. The molecule has 0 bridgehead atoms. The van der Waals surface area contributed by atoms with Crippen molar-refractivity contribution in [2.45, 2.75) is 31.8 Å². The van der Waals surface area contributed by atoms with E-state index in [9.17, 15) is 14.4 Å². The Kier molecular flexibility index (Phi) is 4.20. The van der Waals surface area contributed by atoms with Crippen LogP contribution in [-0.2, 0) is 25.5 Å². The Bertz CT molecular complexity index is 591. The minimum absolute atomic E-state index is 0.119. The minimum atomic E-state index is -0.354. The molecule has 6 nitrogen and oxygen atoms in total. The molecule has 6 heteroatoms. The number of ether oxygens (including phenoxy) is 1. The number of amides is 3. The first kappa shape index (κ1) is 14.7. The fraction of sp³-hybridized carbons (Fsp3) is 0.438. The fourth-order valence-electron chi connectivity index (χ4n) is 2.79. The summed E-state index contributed by atoms with van der Waals surface area (Å²) in [5.74, 6) is -0.831. The van der Waals surface area contributed by atoms with Gasteiger partial charge in [0.25, 0.3) is 5.91 Å². The van der Waals surface area contributed by atoms with E-state index < -0.39 is 0 Å². The second kappa shape index (κ2) is 6.27. The van der Waals surface area contributed by atoms with Gasteiger partial charge < -0.3 is 10.1 Å². The summed E-state index contributed by atoms with van der Waals surface area (Å²) >= 11 is 0. The summed E-state index contributed by atoms with van der Waals surface area (Å²) in [5, 5.41) is 5.13. The van der Waals surface area contributed by atoms with Crippen LogP contribution < -0.4 is 10.6 Å². The summed E-state index contributed by atoms with van der Waals surface area (Å²) in [5.41, 5.74) is 1.67. The lowest BCUT2D eigenvalue weighted by atomic mass is 9.98. The van der Waals surface area contributed by atoms with Gasteiger partial charge in [0, 0.05) is 18.7 Å². The number of hydrogen-bond donors (Lipinski definition) is 2. The van der Waals surface area contributed by atoms with Crippen LogP contribution in [0.4, 0.5) is 5.69 Å². The Morgan fingerprint density at radius 2 is 2.05 bits per heavy atom. The SMILES string of the molecule is O=C1CC(Cc2ccc(NC(=O)C3CCCO3)cc2)C(=O)N1. The standard InChI is InChI=1S/C16H18N2O4/c19-14-9-11(15(20)18-14)8-10-3-5-12(6-4-10)17-16(21)13-2-1-7-22-13/h3-6,11,13H,1-2,7-9H2,(H,17,21)(H,18,19,20). The van der Waals surface area contributed by atoms with Crippen molar-refractivity contribution in [3.05, 3.63) is 29.8 Å². The Balaban J connectivity index is 1.57. The lowest BCUT2D eigenvalue weighted by Gasteiger charge is -2.11. The van der Waals surface area contributed by atoms with Gasteiger partial charge in [-0.05, 0) is 37.0 Å². The number of carbonyl (C=O) groups is 3. The first-order chi connectivity index (χ1) is 10.6. The van der Waals surface area contributed by atoms with Crippen LogP contribution in [0.15, 0.2) is 24.3 Å². The van der Waals surface area contributed by atoms with Crippen molar-refractivity contribution in [3.63, 3.8) is 0 Å². The number of nitrogens with one attached hydrogen (secondary N) is 2. The van der Waals surface area contributed by atoms with Gasteiger partial charge >= 0.3 is 0 Å².